The number of methoxy groups -OCH3 is 1. The van der Waals surface area contributed by atoms with Crippen molar-refractivity contribution in [1.29, 1.82) is 0 Å². The number of nitrogens with zero attached hydrogens (tertiary/aromatic N) is 3. The van der Waals surface area contributed by atoms with Crippen LogP contribution in [0.5, 0.6) is 5.75 Å². The van der Waals surface area contributed by atoms with E-state index in [1.54, 1.807) is 24.2 Å². The van der Waals surface area contributed by atoms with Crippen LogP contribution in [0.3, 0.4) is 0 Å². The van der Waals surface area contributed by atoms with Crippen LogP contribution < -0.4 is 9.64 Å². The lowest BCUT2D eigenvalue weighted by molar-refractivity contribution is 0.0716. The van der Waals surface area contributed by atoms with Gasteiger partial charge < -0.3 is 14.5 Å². The van der Waals surface area contributed by atoms with Gasteiger partial charge in [-0.2, -0.15) is 0 Å². The highest BCUT2D eigenvalue weighted by atomic mass is 19.1. The number of halogens is 1. The molecule has 2 aromatic rings. The molecule has 1 unspecified atom stereocenters. The van der Waals surface area contributed by atoms with E-state index in [-0.39, 0.29) is 17.7 Å². The molecule has 0 spiro atoms. The van der Waals surface area contributed by atoms with E-state index >= 15 is 0 Å². The van der Waals surface area contributed by atoms with E-state index in [0.717, 1.165) is 31.7 Å². The smallest absolute Gasteiger partial charge is 0.254 e. The number of carbonyl (C=O) groups is 1. The Morgan fingerprint density at radius 3 is 2.88 bits per heavy atom. The second kappa shape index (κ2) is 7.51. The van der Waals surface area contributed by atoms with Crippen molar-refractivity contribution in [3.8, 4) is 5.75 Å². The monoisotopic (exact) mass is 343 g/mol. The summed E-state index contributed by atoms with van der Waals surface area (Å²) >= 11 is 0. The molecule has 6 heteroatoms. The maximum absolute atomic E-state index is 13.9. The number of hydrogen-bond donors (Lipinski definition) is 0. The number of pyridine rings is 1. The molecular formula is C19H22FN3O2. The van der Waals surface area contributed by atoms with Crippen LogP contribution in [0.2, 0.25) is 0 Å². The Balaban J connectivity index is 1.72. The summed E-state index contributed by atoms with van der Waals surface area (Å²) in [5.41, 5.74) is 0.329. The van der Waals surface area contributed by atoms with Crippen LogP contribution in [-0.4, -0.2) is 49.1 Å². The maximum Gasteiger partial charge on any atom is 0.254 e. The first-order valence-electron chi connectivity index (χ1n) is 8.37. The zero-order chi connectivity index (χ0) is 17.8. The molecule has 25 heavy (non-hydrogen) atoms. The maximum atomic E-state index is 13.9. The van der Waals surface area contributed by atoms with Crippen molar-refractivity contribution < 1.29 is 13.9 Å². The third-order valence-electron chi connectivity index (χ3n) is 4.64. The van der Waals surface area contributed by atoms with Crippen LogP contribution >= 0.6 is 0 Å². The number of likely N-dealkylation sites (N-methyl/N-ethyl adjacent to an activating group) is 1. The third-order valence-corrected chi connectivity index (χ3v) is 4.64. The fraction of sp³-hybridized carbons (Fsp3) is 0.368. The molecule has 1 atom stereocenters. The lowest BCUT2D eigenvalue weighted by Gasteiger charge is -2.38. The molecule has 1 aliphatic heterocycles. The van der Waals surface area contributed by atoms with Crippen molar-refractivity contribution in [2.24, 2.45) is 0 Å². The number of rotatable bonds is 4. The summed E-state index contributed by atoms with van der Waals surface area (Å²) in [5.74, 6) is 0.344. The van der Waals surface area contributed by atoms with E-state index in [1.807, 2.05) is 18.2 Å². The Bertz CT molecular complexity index is 739. The summed E-state index contributed by atoms with van der Waals surface area (Å²) in [4.78, 5) is 21.0. The van der Waals surface area contributed by atoms with Gasteiger partial charge in [0.15, 0.2) is 11.6 Å². The molecule has 0 N–H and O–H groups in total. The second-order valence-electron chi connectivity index (χ2n) is 6.20. The molecule has 1 aliphatic rings. The normalized spacial score (nSPS) is 17.2. The molecule has 5 nitrogen and oxygen atoms in total. The fourth-order valence-electron chi connectivity index (χ4n) is 3.19. The number of aromatic nitrogens is 1. The average molecular weight is 343 g/mol. The predicted octanol–water partition coefficient (Wildman–Crippen LogP) is 2.97. The van der Waals surface area contributed by atoms with Gasteiger partial charge in [0.05, 0.1) is 7.11 Å². The third kappa shape index (κ3) is 3.73. The predicted molar refractivity (Wildman–Crippen MR) is 94.5 cm³/mol. The van der Waals surface area contributed by atoms with Gasteiger partial charge in [0.1, 0.15) is 5.82 Å². The molecule has 0 radical (unpaired) electrons. The standard InChI is InChI=1S/C19H22FN3O2/c1-22(19(24)14-8-9-17(25-2)16(20)12-14)15-6-5-11-23(13-15)18-7-3-4-10-21-18/h3-4,7-10,12,15H,5-6,11,13H2,1-2H3. The van der Waals surface area contributed by atoms with Gasteiger partial charge in [-0.25, -0.2) is 9.37 Å². The molecule has 0 aliphatic carbocycles. The van der Waals surface area contributed by atoms with E-state index in [9.17, 15) is 9.18 Å². The first kappa shape index (κ1) is 17.2. The van der Waals surface area contributed by atoms with E-state index < -0.39 is 5.82 Å². The summed E-state index contributed by atoms with van der Waals surface area (Å²) in [5, 5.41) is 0. The molecule has 1 amide bonds. The van der Waals surface area contributed by atoms with Gasteiger partial charge in [-0.15, -0.1) is 0 Å². The van der Waals surface area contributed by atoms with Gasteiger partial charge in [0.25, 0.3) is 5.91 Å². The minimum atomic E-state index is -0.527. The Morgan fingerprint density at radius 1 is 1.36 bits per heavy atom. The summed E-state index contributed by atoms with van der Waals surface area (Å²) in [7, 11) is 3.18. The van der Waals surface area contributed by atoms with Crippen molar-refractivity contribution in [1.82, 2.24) is 9.88 Å². The fourth-order valence-corrected chi connectivity index (χ4v) is 3.19. The first-order valence-corrected chi connectivity index (χ1v) is 8.37. The average Bonchev–Trinajstić information content (AvgIpc) is 2.67. The van der Waals surface area contributed by atoms with Crippen LogP contribution in [0.1, 0.15) is 23.2 Å². The van der Waals surface area contributed by atoms with Crippen molar-refractivity contribution in [3.63, 3.8) is 0 Å². The van der Waals surface area contributed by atoms with E-state index in [2.05, 4.69) is 9.88 Å². The molecule has 2 heterocycles. The molecule has 1 aromatic carbocycles. The number of benzene rings is 1. The Labute approximate surface area is 147 Å². The molecule has 0 saturated carbocycles. The molecule has 1 fully saturated rings. The molecule has 1 aromatic heterocycles. The highest BCUT2D eigenvalue weighted by Crippen LogP contribution is 2.23. The summed E-state index contributed by atoms with van der Waals surface area (Å²) in [6, 6.07) is 10.2. The van der Waals surface area contributed by atoms with Gasteiger partial charge in [-0.3, -0.25) is 4.79 Å². The first-order chi connectivity index (χ1) is 12.1. The van der Waals surface area contributed by atoms with Crippen LogP contribution in [0.25, 0.3) is 0 Å². The van der Waals surface area contributed by atoms with Crippen molar-refractivity contribution in [3.05, 3.63) is 54.0 Å². The Morgan fingerprint density at radius 2 is 2.20 bits per heavy atom. The summed E-state index contributed by atoms with van der Waals surface area (Å²) in [6.07, 6.45) is 3.67. The van der Waals surface area contributed by atoms with Crippen molar-refractivity contribution >= 4 is 11.7 Å². The number of piperidine rings is 1. The molecular weight excluding hydrogens is 321 g/mol. The Hall–Kier alpha value is -2.63. The number of hydrogen-bond acceptors (Lipinski definition) is 4. The lowest BCUT2D eigenvalue weighted by Crippen LogP contribution is -2.48. The van der Waals surface area contributed by atoms with E-state index in [0.29, 0.717) is 5.56 Å². The SMILES string of the molecule is COc1ccc(C(=O)N(C)C2CCCN(c3ccccn3)C2)cc1F. The topological polar surface area (TPSA) is 45.7 Å². The van der Waals surface area contributed by atoms with Crippen molar-refractivity contribution in [2.75, 3.05) is 32.1 Å². The Kier molecular flexibility index (Phi) is 5.16. The van der Waals surface area contributed by atoms with Gasteiger partial charge in [-0.05, 0) is 43.2 Å². The van der Waals surface area contributed by atoms with Crippen LogP contribution in [-0.2, 0) is 0 Å². The van der Waals surface area contributed by atoms with Crippen molar-refractivity contribution in [2.45, 2.75) is 18.9 Å². The second-order valence-corrected chi connectivity index (χ2v) is 6.20. The largest absolute Gasteiger partial charge is 0.494 e. The van der Waals surface area contributed by atoms with E-state index in [1.165, 1.54) is 19.2 Å². The van der Waals surface area contributed by atoms with Crippen LogP contribution in [0.4, 0.5) is 10.2 Å². The van der Waals surface area contributed by atoms with Crippen LogP contribution in [0, 0.1) is 5.82 Å². The molecule has 0 bridgehead atoms. The highest BCUT2D eigenvalue weighted by Gasteiger charge is 2.27. The molecule has 132 valence electrons. The number of carbonyl (C=O) groups excluding carboxylic acids is 1. The van der Waals surface area contributed by atoms with Gasteiger partial charge in [0, 0.05) is 37.9 Å². The van der Waals surface area contributed by atoms with Crippen LogP contribution in [0.15, 0.2) is 42.6 Å². The number of amides is 1. The minimum Gasteiger partial charge on any atom is -0.494 e. The number of ether oxygens (including phenoxy) is 1. The zero-order valence-corrected chi connectivity index (χ0v) is 14.5. The zero-order valence-electron chi connectivity index (χ0n) is 14.5. The highest BCUT2D eigenvalue weighted by molar-refractivity contribution is 5.94. The quantitative estimate of drug-likeness (QED) is 0.856. The van der Waals surface area contributed by atoms with E-state index in [4.69, 9.17) is 4.74 Å². The minimum absolute atomic E-state index is 0.0634. The summed E-state index contributed by atoms with van der Waals surface area (Å²) < 4.78 is 18.8. The molecule has 1 saturated heterocycles. The number of anilines is 1. The summed E-state index contributed by atoms with van der Waals surface area (Å²) in [6.45, 7) is 1.64. The van der Waals surface area contributed by atoms with Gasteiger partial charge >= 0.3 is 0 Å². The lowest BCUT2D eigenvalue weighted by atomic mass is 10.0. The van der Waals surface area contributed by atoms with Gasteiger partial charge in [-0.1, -0.05) is 6.07 Å². The molecule has 3 rings (SSSR count). The van der Waals surface area contributed by atoms with Gasteiger partial charge in [0.2, 0.25) is 0 Å².